The molecule has 0 bridgehead atoms. The second-order valence-corrected chi connectivity index (χ2v) is 7.82. The molecule has 2 heterocycles. The van der Waals surface area contributed by atoms with Crippen molar-refractivity contribution in [2.45, 2.75) is 45.3 Å². The van der Waals surface area contributed by atoms with E-state index in [9.17, 15) is 4.79 Å². The fourth-order valence-corrected chi connectivity index (χ4v) is 3.78. The number of carbonyl (C=O) groups excluding carboxylic acids is 1. The van der Waals surface area contributed by atoms with Crippen LogP contribution in [0.3, 0.4) is 0 Å². The molecule has 1 fully saturated rings. The number of aromatic nitrogens is 1. The van der Waals surface area contributed by atoms with Gasteiger partial charge in [0.25, 0.3) is 0 Å². The standard InChI is InChI=1S/C22H28N2O2/c1-6-17-18-12-8-9-13-20(18)24(19(17)7-2)16-11-10-14-23(15-16)21(25)26-22(3,4)5/h6-9,12-13,16H,1-2,10-11,14-15H2,3-5H3. The van der Waals surface area contributed by atoms with Gasteiger partial charge < -0.3 is 14.2 Å². The number of amides is 1. The molecule has 0 spiro atoms. The second kappa shape index (κ2) is 7.02. The quantitative estimate of drug-likeness (QED) is 0.731. The highest BCUT2D eigenvalue weighted by Crippen LogP contribution is 2.34. The van der Waals surface area contributed by atoms with E-state index in [0.717, 1.165) is 36.2 Å². The van der Waals surface area contributed by atoms with E-state index in [2.05, 4.69) is 29.9 Å². The van der Waals surface area contributed by atoms with Gasteiger partial charge in [-0.2, -0.15) is 0 Å². The first-order chi connectivity index (χ1) is 12.4. The van der Waals surface area contributed by atoms with E-state index < -0.39 is 5.60 Å². The van der Waals surface area contributed by atoms with Crippen molar-refractivity contribution in [1.82, 2.24) is 9.47 Å². The molecule has 1 aliphatic rings. The molecule has 4 nitrogen and oxygen atoms in total. The molecule has 1 aliphatic heterocycles. The predicted molar refractivity (Wildman–Crippen MR) is 108 cm³/mol. The van der Waals surface area contributed by atoms with Gasteiger partial charge in [0.2, 0.25) is 0 Å². The van der Waals surface area contributed by atoms with Crippen molar-refractivity contribution < 1.29 is 9.53 Å². The Morgan fingerprint density at radius 3 is 2.62 bits per heavy atom. The van der Waals surface area contributed by atoms with E-state index in [0.29, 0.717) is 6.54 Å². The molecule has 138 valence electrons. The summed E-state index contributed by atoms with van der Waals surface area (Å²) >= 11 is 0. The molecular weight excluding hydrogens is 324 g/mol. The third kappa shape index (κ3) is 3.41. The Morgan fingerprint density at radius 1 is 1.23 bits per heavy atom. The van der Waals surface area contributed by atoms with Gasteiger partial charge >= 0.3 is 6.09 Å². The molecule has 1 aromatic heterocycles. The molecule has 0 aliphatic carbocycles. The first kappa shape index (κ1) is 18.3. The van der Waals surface area contributed by atoms with Crippen molar-refractivity contribution in [2.24, 2.45) is 0 Å². The Bertz CT molecular complexity index is 842. The largest absolute Gasteiger partial charge is 0.444 e. The van der Waals surface area contributed by atoms with Crippen LogP contribution in [-0.4, -0.2) is 34.3 Å². The van der Waals surface area contributed by atoms with Crippen LogP contribution in [0.25, 0.3) is 23.1 Å². The van der Waals surface area contributed by atoms with Gasteiger partial charge in [0.1, 0.15) is 5.60 Å². The fraction of sp³-hybridized carbons (Fsp3) is 0.409. The third-order valence-corrected chi connectivity index (χ3v) is 4.80. The van der Waals surface area contributed by atoms with Crippen LogP contribution in [0.2, 0.25) is 0 Å². The average Bonchev–Trinajstić information content (AvgIpc) is 2.93. The summed E-state index contributed by atoms with van der Waals surface area (Å²) in [6.45, 7) is 15.1. The Hall–Kier alpha value is -2.49. The van der Waals surface area contributed by atoms with Crippen LogP contribution >= 0.6 is 0 Å². The summed E-state index contributed by atoms with van der Waals surface area (Å²) in [6, 6.07) is 8.53. The number of hydrogen-bond donors (Lipinski definition) is 0. The van der Waals surface area contributed by atoms with E-state index in [1.165, 1.54) is 5.39 Å². The molecule has 2 aromatic rings. The summed E-state index contributed by atoms with van der Waals surface area (Å²) in [5.41, 5.74) is 2.85. The fourth-order valence-electron chi connectivity index (χ4n) is 3.78. The number of carbonyl (C=O) groups is 1. The zero-order chi connectivity index (χ0) is 18.9. The van der Waals surface area contributed by atoms with E-state index in [1.54, 1.807) is 0 Å². The Morgan fingerprint density at radius 2 is 1.96 bits per heavy atom. The first-order valence-electron chi connectivity index (χ1n) is 9.21. The molecule has 0 radical (unpaired) electrons. The molecule has 0 saturated carbocycles. The highest BCUT2D eigenvalue weighted by molar-refractivity contribution is 5.93. The van der Waals surface area contributed by atoms with Crippen LogP contribution in [0, 0.1) is 0 Å². The molecule has 3 rings (SSSR count). The highest BCUT2D eigenvalue weighted by atomic mass is 16.6. The smallest absolute Gasteiger partial charge is 0.410 e. The van der Waals surface area contributed by atoms with Crippen molar-refractivity contribution >= 4 is 29.1 Å². The number of likely N-dealkylation sites (tertiary alicyclic amines) is 1. The number of ether oxygens (including phenoxy) is 1. The number of piperidine rings is 1. The van der Waals surface area contributed by atoms with E-state index >= 15 is 0 Å². The minimum atomic E-state index is -0.480. The Balaban J connectivity index is 1.97. The lowest BCUT2D eigenvalue weighted by atomic mass is 10.1. The van der Waals surface area contributed by atoms with Gasteiger partial charge in [0, 0.05) is 35.2 Å². The summed E-state index contributed by atoms with van der Waals surface area (Å²) in [5.74, 6) is 0. The van der Waals surface area contributed by atoms with Gasteiger partial charge in [0.15, 0.2) is 0 Å². The van der Waals surface area contributed by atoms with Gasteiger partial charge in [-0.25, -0.2) is 4.79 Å². The first-order valence-corrected chi connectivity index (χ1v) is 9.21. The van der Waals surface area contributed by atoms with Gasteiger partial charge in [-0.05, 0) is 45.8 Å². The zero-order valence-corrected chi connectivity index (χ0v) is 16.0. The number of nitrogens with zero attached hydrogens (tertiary/aromatic N) is 2. The van der Waals surface area contributed by atoms with Crippen molar-refractivity contribution in [3.63, 3.8) is 0 Å². The molecule has 1 atom stereocenters. The number of rotatable bonds is 3. The van der Waals surface area contributed by atoms with Crippen LogP contribution in [0.5, 0.6) is 0 Å². The van der Waals surface area contributed by atoms with E-state index in [4.69, 9.17) is 4.74 Å². The molecule has 1 aromatic carbocycles. The molecule has 0 N–H and O–H groups in total. The van der Waals surface area contributed by atoms with Crippen molar-refractivity contribution in [2.75, 3.05) is 13.1 Å². The predicted octanol–water partition coefficient (Wildman–Crippen LogP) is 5.50. The lowest BCUT2D eigenvalue weighted by molar-refractivity contribution is 0.0174. The third-order valence-electron chi connectivity index (χ3n) is 4.80. The minimum Gasteiger partial charge on any atom is -0.444 e. The number of hydrogen-bond acceptors (Lipinski definition) is 2. The SMILES string of the molecule is C=Cc1c(C=C)n(C2CCCN(C(=O)OC(C)(C)C)C2)c2ccccc12. The second-order valence-electron chi connectivity index (χ2n) is 7.82. The van der Waals surface area contributed by atoms with Gasteiger partial charge in [-0.3, -0.25) is 0 Å². The Kier molecular flexibility index (Phi) is 4.94. The maximum Gasteiger partial charge on any atom is 0.410 e. The van der Waals surface area contributed by atoms with E-state index in [-0.39, 0.29) is 12.1 Å². The maximum atomic E-state index is 12.5. The van der Waals surface area contributed by atoms with Gasteiger partial charge in [0.05, 0.1) is 6.04 Å². The lowest BCUT2D eigenvalue weighted by Crippen LogP contribution is -2.43. The number of benzene rings is 1. The summed E-state index contributed by atoms with van der Waals surface area (Å²) in [6.07, 6.45) is 5.53. The van der Waals surface area contributed by atoms with Gasteiger partial charge in [-0.15, -0.1) is 0 Å². The molecule has 1 amide bonds. The molecule has 1 unspecified atom stereocenters. The van der Waals surface area contributed by atoms with Crippen LogP contribution in [-0.2, 0) is 4.74 Å². The van der Waals surface area contributed by atoms with Crippen LogP contribution in [0.1, 0.15) is 50.9 Å². The lowest BCUT2D eigenvalue weighted by Gasteiger charge is -2.35. The van der Waals surface area contributed by atoms with Crippen LogP contribution in [0.4, 0.5) is 4.79 Å². The maximum absolute atomic E-state index is 12.5. The zero-order valence-electron chi connectivity index (χ0n) is 16.0. The molecule has 4 heteroatoms. The minimum absolute atomic E-state index is 0.197. The van der Waals surface area contributed by atoms with Crippen LogP contribution in [0.15, 0.2) is 37.4 Å². The monoisotopic (exact) mass is 352 g/mol. The summed E-state index contributed by atoms with van der Waals surface area (Å²) in [5, 5.41) is 1.17. The number of fused-ring (bicyclic) bond motifs is 1. The molecule has 26 heavy (non-hydrogen) atoms. The summed E-state index contributed by atoms with van der Waals surface area (Å²) in [4.78, 5) is 14.4. The van der Waals surface area contributed by atoms with Crippen molar-refractivity contribution in [3.8, 4) is 0 Å². The highest BCUT2D eigenvalue weighted by Gasteiger charge is 2.30. The van der Waals surface area contributed by atoms with E-state index in [1.807, 2.05) is 50.0 Å². The topological polar surface area (TPSA) is 34.5 Å². The van der Waals surface area contributed by atoms with Gasteiger partial charge in [-0.1, -0.05) is 37.4 Å². The van der Waals surface area contributed by atoms with Crippen molar-refractivity contribution in [1.29, 1.82) is 0 Å². The van der Waals surface area contributed by atoms with Crippen molar-refractivity contribution in [3.05, 3.63) is 48.7 Å². The molecular formula is C22H28N2O2. The average molecular weight is 352 g/mol. The number of para-hydroxylation sites is 1. The van der Waals surface area contributed by atoms with Crippen LogP contribution < -0.4 is 0 Å². The summed E-state index contributed by atoms with van der Waals surface area (Å²) in [7, 11) is 0. The normalized spacial score (nSPS) is 18.0. The Labute approximate surface area is 155 Å². The molecule has 1 saturated heterocycles. The summed E-state index contributed by atoms with van der Waals surface area (Å²) < 4.78 is 7.89.